The molecule has 1 aliphatic heterocycles. The van der Waals surface area contributed by atoms with Gasteiger partial charge in [-0.3, -0.25) is 0 Å². The Bertz CT molecular complexity index is 2730. The Labute approximate surface area is 285 Å². The number of fused-ring (bicyclic) bond motifs is 11. The molecule has 8 aromatic rings. The fourth-order valence-corrected chi connectivity index (χ4v) is 9.58. The highest BCUT2D eigenvalue weighted by molar-refractivity contribution is 6.06. The maximum absolute atomic E-state index is 6.35. The summed E-state index contributed by atoms with van der Waals surface area (Å²) in [5.41, 5.74) is 19.7. The monoisotopic (exact) mass is 627 g/mol. The number of rotatable bonds is 2. The lowest BCUT2D eigenvalue weighted by molar-refractivity contribution is 0.660. The van der Waals surface area contributed by atoms with Crippen LogP contribution in [0.4, 0.5) is 17.1 Å². The van der Waals surface area contributed by atoms with Crippen molar-refractivity contribution in [3.05, 3.63) is 173 Å². The van der Waals surface area contributed by atoms with Crippen LogP contribution in [0.1, 0.15) is 48.6 Å². The Kier molecular flexibility index (Phi) is 5.08. The number of furan rings is 1. The van der Waals surface area contributed by atoms with Crippen molar-refractivity contribution in [3.8, 4) is 33.4 Å². The second-order valence-electron chi connectivity index (χ2n) is 14.6. The zero-order valence-electron chi connectivity index (χ0n) is 27.7. The summed E-state index contributed by atoms with van der Waals surface area (Å²) in [7, 11) is 0. The predicted molar refractivity (Wildman–Crippen MR) is 202 cm³/mol. The van der Waals surface area contributed by atoms with Crippen LogP contribution in [0.15, 0.2) is 150 Å². The summed E-state index contributed by atoms with van der Waals surface area (Å²) in [5, 5.41) is 2.30. The van der Waals surface area contributed by atoms with E-state index in [0.29, 0.717) is 0 Å². The van der Waals surface area contributed by atoms with Crippen LogP contribution in [0.3, 0.4) is 0 Å². The largest absolute Gasteiger partial charge is 0.456 e. The van der Waals surface area contributed by atoms with Crippen molar-refractivity contribution in [2.45, 2.75) is 31.6 Å². The molecule has 0 spiro atoms. The van der Waals surface area contributed by atoms with Gasteiger partial charge >= 0.3 is 0 Å². The molecule has 0 saturated carbocycles. The SMILES string of the molecule is CC1(C)c2ccccc2-c2c(N3c4cc(-c5ccc6c(c5)oc5ccccc56)ccc4C4(C)c5ccccc5-c5cccc3c54)cccc21. The third kappa shape index (κ3) is 3.31. The average Bonchev–Trinajstić information content (AvgIpc) is 3.73. The highest BCUT2D eigenvalue weighted by atomic mass is 16.3. The Morgan fingerprint density at radius 2 is 1.10 bits per heavy atom. The van der Waals surface area contributed by atoms with Gasteiger partial charge in [-0.2, -0.15) is 0 Å². The second kappa shape index (κ2) is 9.18. The quantitative estimate of drug-likeness (QED) is 0.190. The fraction of sp³-hybridized carbons (Fsp3) is 0.106. The van der Waals surface area contributed by atoms with Gasteiger partial charge in [-0.25, -0.2) is 0 Å². The molecule has 2 heteroatoms. The van der Waals surface area contributed by atoms with E-state index in [2.05, 4.69) is 165 Å². The van der Waals surface area contributed by atoms with Crippen LogP contribution in [0.5, 0.6) is 0 Å². The molecule has 2 heterocycles. The van der Waals surface area contributed by atoms with Gasteiger partial charge < -0.3 is 9.32 Å². The van der Waals surface area contributed by atoms with Gasteiger partial charge in [0.1, 0.15) is 11.2 Å². The minimum Gasteiger partial charge on any atom is -0.456 e. The summed E-state index contributed by atoms with van der Waals surface area (Å²) in [6.07, 6.45) is 0. The van der Waals surface area contributed by atoms with Crippen LogP contribution >= 0.6 is 0 Å². The van der Waals surface area contributed by atoms with E-state index in [1.165, 1.54) is 72.7 Å². The Balaban J connectivity index is 1.21. The smallest absolute Gasteiger partial charge is 0.136 e. The van der Waals surface area contributed by atoms with Crippen molar-refractivity contribution < 1.29 is 4.42 Å². The minimum atomic E-state index is -0.287. The number of para-hydroxylation sites is 1. The van der Waals surface area contributed by atoms with Gasteiger partial charge in [-0.15, -0.1) is 0 Å². The molecule has 1 atom stereocenters. The van der Waals surface area contributed by atoms with Gasteiger partial charge in [0.05, 0.1) is 17.1 Å². The molecule has 11 rings (SSSR count). The molecule has 1 unspecified atom stereocenters. The molecule has 232 valence electrons. The fourth-order valence-electron chi connectivity index (χ4n) is 9.58. The predicted octanol–water partition coefficient (Wildman–Crippen LogP) is 12.7. The first kappa shape index (κ1) is 27.1. The molecule has 7 aromatic carbocycles. The van der Waals surface area contributed by atoms with Gasteiger partial charge in [-0.1, -0.05) is 123 Å². The Morgan fingerprint density at radius 3 is 2.00 bits per heavy atom. The maximum Gasteiger partial charge on any atom is 0.136 e. The van der Waals surface area contributed by atoms with E-state index in [0.717, 1.165) is 27.5 Å². The highest BCUT2D eigenvalue weighted by Gasteiger charge is 2.49. The number of nitrogens with zero attached hydrogens (tertiary/aromatic N) is 1. The zero-order valence-corrected chi connectivity index (χ0v) is 27.7. The van der Waals surface area contributed by atoms with E-state index in [9.17, 15) is 0 Å². The van der Waals surface area contributed by atoms with Gasteiger partial charge in [0.15, 0.2) is 0 Å². The molecule has 49 heavy (non-hydrogen) atoms. The summed E-state index contributed by atoms with van der Waals surface area (Å²) in [4.78, 5) is 2.57. The van der Waals surface area contributed by atoms with Crippen LogP contribution in [-0.2, 0) is 10.8 Å². The molecule has 3 aliphatic rings. The van der Waals surface area contributed by atoms with Crippen molar-refractivity contribution in [3.63, 3.8) is 0 Å². The highest BCUT2D eigenvalue weighted by Crippen LogP contribution is 2.64. The van der Waals surface area contributed by atoms with Crippen LogP contribution in [0.25, 0.3) is 55.3 Å². The summed E-state index contributed by atoms with van der Waals surface area (Å²) in [6.45, 7) is 7.17. The van der Waals surface area contributed by atoms with E-state index in [1.807, 2.05) is 6.07 Å². The van der Waals surface area contributed by atoms with Crippen molar-refractivity contribution in [1.82, 2.24) is 0 Å². The molecule has 0 saturated heterocycles. The molecule has 0 N–H and O–H groups in total. The van der Waals surface area contributed by atoms with E-state index >= 15 is 0 Å². The van der Waals surface area contributed by atoms with Crippen LogP contribution < -0.4 is 4.90 Å². The Hall–Kier alpha value is -5.86. The zero-order chi connectivity index (χ0) is 32.6. The summed E-state index contributed by atoms with van der Waals surface area (Å²) >= 11 is 0. The second-order valence-corrected chi connectivity index (χ2v) is 14.6. The molecule has 2 aliphatic carbocycles. The molecular weight excluding hydrogens is 595 g/mol. The lowest BCUT2D eigenvalue weighted by Crippen LogP contribution is -2.32. The standard InChI is InChI=1S/C47H33NO/c1-46(2)35-16-7-5-14-34(35)44-38(46)18-11-19-39(44)48-40-20-10-15-33-30-12-4-8-17-36(30)47(3,45(33)40)37-25-23-28(26-41(37)48)29-22-24-32-31-13-6-9-21-42(31)49-43(32)27-29/h4-27H,1-3H3. The summed E-state index contributed by atoms with van der Waals surface area (Å²) < 4.78 is 6.35. The van der Waals surface area contributed by atoms with Crippen LogP contribution in [0.2, 0.25) is 0 Å². The van der Waals surface area contributed by atoms with E-state index in [1.54, 1.807) is 0 Å². The molecule has 0 fully saturated rings. The average molecular weight is 628 g/mol. The van der Waals surface area contributed by atoms with E-state index < -0.39 is 0 Å². The topological polar surface area (TPSA) is 16.4 Å². The van der Waals surface area contributed by atoms with Gasteiger partial charge in [0.25, 0.3) is 0 Å². The maximum atomic E-state index is 6.35. The van der Waals surface area contributed by atoms with Gasteiger partial charge in [-0.05, 0) is 99.0 Å². The first-order valence-electron chi connectivity index (χ1n) is 17.3. The molecular formula is C47H33NO. The molecule has 0 radical (unpaired) electrons. The van der Waals surface area contributed by atoms with Gasteiger partial charge in [0, 0.05) is 27.2 Å². The Morgan fingerprint density at radius 1 is 0.449 bits per heavy atom. The third-order valence-corrected chi connectivity index (χ3v) is 11.9. The van der Waals surface area contributed by atoms with E-state index in [-0.39, 0.29) is 10.8 Å². The molecule has 0 bridgehead atoms. The van der Waals surface area contributed by atoms with Gasteiger partial charge in [0.2, 0.25) is 0 Å². The van der Waals surface area contributed by atoms with Crippen molar-refractivity contribution >= 4 is 39.0 Å². The lowest BCUT2D eigenvalue weighted by atomic mass is 9.70. The van der Waals surface area contributed by atoms with Crippen molar-refractivity contribution in [2.75, 3.05) is 4.90 Å². The molecule has 0 amide bonds. The number of anilines is 3. The summed E-state index contributed by atoms with van der Waals surface area (Å²) in [6, 6.07) is 53.9. The van der Waals surface area contributed by atoms with Crippen molar-refractivity contribution in [1.29, 1.82) is 0 Å². The normalized spacial score (nSPS) is 17.5. The molecule has 2 nitrogen and oxygen atoms in total. The van der Waals surface area contributed by atoms with Crippen LogP contribution in [-0.4, -0.2) is 0 Å². The number of benzene rings is 7. The third-order valence-electron chi connectivity index (χ3n) is 11.9. The van der Waals surface area contributed by atoms with Crippen molar-refractivity contribution in [2.24, 2.45) is 0 Å². The first-order valence-corrected chi connectivity index (χ1v) is 17.3. The molecule has 1 aromatic heterocycles. The summed E-state index contributed by atoms with van der Waals surface area (Å²) in [5.74, 6) is 0. The van der Waals surface area contributed by atoms with Crippen LogP contribution in [0, 0.1) is 0 Å². The first-order chi connectivity index (χ1) is 23.9. The number of hydrogen-bond acceptors (Lipinski definition) is 2. The number of hydrogen-bond donors (Lipinski definition) is 0. The van der Waals surface area contributed by atoms with E-state index in [4.69, 9.17) is 4.42 Å². The minimum absolute atomic E-state index is 0.0895. The lowest BCUT2D eigenvalue weighted by Gasteiger charge is -2.43.